The molecule has 0 atom stereocenters. The lowest BCUT2D eigenvalue weighted by molar-refractivity contribution is -0.127. The van der Waals surface area contributed by atoms with Crippen LogP contribution < -0.4 is 0 Å². The van der Waals surface area contributed by atoms with Crippen molar-refractivity contribution in [2.45, 2.75) is 19.1 Å². The van der Waals surface area contributed by atoms with Crippen LogP contribution in [0.3, 0.4) is 0 Å². The van der Waals surface area contributed by atoms with Crippen LogP contribution in [0.15, 0.2) is 54.9 Å². The van der Waals surface area contributed by atoms with Crippen LogP contribution in [0.1, 0.15) is 23.1 Å². The van der Waals surface area contributed by atoms with Gasteiger partial charge in [0.1, 0.15) is 5.65 Å². The van der Waals surface area contributed by atoms with Crippen molar-refractivity contribution < 1.29 is 4.79 Å². The number of hydrogen-bond donors (Lipinski definition) is 1. The predicted molar refractivity (Wildman–Crippen MR) is 113 cm³/mol. The third-order valence-electron chi connectivity index (χ3n) is 4.97. The van der Waals surface area contributed by atoms with E-state index in [0.29, 0.717) is 12.3 Å². The summed E-state index contributed by atoms with van der Waals surface area (Å²) in [5.41, 5.74) is 5.96. The van der Waals surface area contributed by atoms with Gasteiger partial charge < -0.3 is 9.88 Å². The van der Waals surface area contributed by atoms with Crippen LogP contribution >= 0.6 is 11.8 Å². The molecule has 1 aliphatic rings. The Hall–Kier alpha value is -2.53. The summed E-state index contributed by atoms with van der Waals surface area (Å²) in [5.74, 6) is 1.64. The second-order valence-electron chi connectivity index (χ2n) is 6.90. The minimum absolute atomic E-state index is 0.225. The number of benzene rings is 1. The second kappa shape index (κ2) is 8.01. The summed E-state index contributed by atoms with van der Waals surface area (Å²) in [5, 5.41) is 1.15. The van der Waals surface area contributed by atoms with Gasteiger partial charge in [-0.15, -0.1) is 11.8 Å². The van der Waals surface area contributed by atoms with Gasteiger partial charge >= 0.3 is 0 Å². The number of nitrogens with one attached hydrogen (secondary N) is 1. The molecule has 3 aromatic rings. The number of amides is 1. The van der Waals surface area contributed by atoms with Gasteiger partial charge in [0.2, 0.25) is 5.91 Å². The molecule has 2 aromatic heterocycles. The molecule has 0 saturated carbocycles. The molecular weight excluding hydrogens is 354 g/mol. The SMILES string of the molecule is Cc1ccc(CSCC(=O)N2CC=C(c3c[nH]c4ncccc34)CC2)cc1. The maximum Gasteiger partial charge on any atom is 0.232 e. The molecule has 1 amide bonds. The Morgan fingerprint density at radius 1 is 1.26 bits per heavy atom. The molecule has 0 bridgehead atoms. The number of nitrogens with zero attached hydrogens (tertiary/aromatic N) is 2. The summed E-state index contributed by atoms with van der Waals surface area (Å²) in [4.78, 5) is 22.0. The molecule has 4 rings (SSSR count). The molecule has 5 heteroatoms. The number of aromatic nitrogens is 2. The fourth-order valence-electron chi connectivity index (χ4n) is 3.39. The first-order valence-electron chi connectivity index (χ1n) is 9.23. The quantitative estimate of drug-likeness (QED) is 0.716. The highest BCUT2D eigenvalue weighted by Gasteiger charge is 2.19. The number of pyridine rings is 1. The monoisotopic (exact) mass is 377 g/mol. The average molecular weight is 378 g/mol. The smallest absolute Gasteiger partial charge is 0.232 e. The Morgan fingerprint density at radius 3 is 2.89 bits per heavy atom. The molecule has 0 aliphatic carbocycles. The second-order valence-corrected chi connectivity index (χ2v) is 7.89. The maximum absolute atomic E-state index is 12.5. The molecule has 3 heterocycles. The molecule has 138 valence electrons. The van der Waals surface area contributed by atoms with E-state index in [9.17, 15) is 4.79 Å². The summed E-state index contributed by atoms with van der Waals surface area (Å²) in [6, 6.07) is 12.6. The standard InChI is InChI=1S/C22H23N3OS/c1-16-4-6-17(7-5-16)14-27-15-21(26)25-11-8-18(9-12-25)20-13-24-22-19(20)3-2-10-23-22/h2-8,10,13H,9,11-12,14-15H2,1H3,(H,23,24). The Morgan fingerprint density at radius 2 is 2.11 bits per heavy atom. The summed E-state index contributed by atoms with van der Waals surface area (Å²) >= 11 is 1.69. The summed E-state index contributed by atoms with van der Waals surface area (Å²) in [6.45, 7) is 3.56. The summed E-state index contributed by atoms with van der Waals surface area (Å²) in [6.07, 6.45) is 6.89. The van der Waals surface area contributed by atoms with E-state index in [1.807, 2.05) is 17.2 Å². The van der Waals surface area contributed by atoms with E-state index in [2.05, 4.69) is 53.3 Å². The van der Waals surface area contributed by atoms with Crippen LogP contribution in [-0.2, 0) is 10.5 Å². The zero-order valence-corrected chi connectivity index (χ0v) is 16.3. The minimum Gasteiger partial charge on any atom is -0.346 e. The van der Waals surface area contributed by atoms with Crippen molar-refractivity contribution in [3.63, 3.8) is 0 Å². The fourth-order valence-corrected chi connectivity index (χ4v) is 4.28. The third kappa shape index (κ3) is 4.08. The first-order chi connectivity index (χ1) is 13.2. The zero-order chi connectivity index (χ0) is 18.6. The highest BCUT2D eigenvalue weighted by Crippen LogP contribution is 2.28. The Balaban J connectivity index is 1.32. The minimum atomic E-state index is 0.225. The highest BCUT2D eigenvalue weighted by atomic mass is 32.2. The lowest BCUT2D eigenvalue weighted by atomic mass is 9.99. The van der Waals surface area contributed by atoms with E-state index in [1.165, 1.54) is 22.3 Å². The molecule has 1 aliphatic heterocycles. The first-order valence-corrected chi connectivity index (χ1v) is 10.4. The number of rotatable bonds is 5. The van der Waals surface area contributed by atoms with Gasteiger partial charge in [0.05, 0.1) is 5.75 Å². The molecule has 0 unspecified atom stereocenters. The first kappa shape index (κ1) is 17.9. The number of aromatic amines is 1. The third-order valence-corrected chi connectivity index (χ3v) is 5.96. The van der Waals surface area contributed by atoms with Crippen molar-refractivity contribution in [1.82, 2.24) is 14.9 Å². The van der Waals surface area contributed by atoms with Crippen molar-refractivity contribution in [2.75, 3.05) is 18.8 Å². The fraction of sp³-hybridized carbons (Fsp3) is 0.273. The molecule has 0 radical (unpaired) electrons. The van der Waals surface area contributed by atoms with Gasteiger partial charge in [0.25, 0.3) is 0 Å². The Bertz CT molecular complexity index is 975. The van der Waals surface area contributed by atoms with Crippen LogP contribution in [0.25, 0.3) is 16.6 Å². The maximum atomic E-state index is 12.5. The molecule has 1 N–H and O–H groups in total. The van der Waals surface area contributed by atoms with Gasteiger partial charge in [-0.25, -0.2) is 4.98 Å². The number of hydrogen-bond acceptors (Lipinski definition) is 3. The average Bonchev–Trinajstić information content (AvgIpc) is 3.14. The van der Waals surface area contributed by atoms with Crippen molar-refractivity contribution in [1.29, 1.82) is 0 Å². The lowest BCUT2D eigenvalue weighted by Crippen LogP contribution is -2.35. The van der Waals surface area contributed by atoms with E-state index in [1.54, 1.807) is 18.0 Å². The Labute approximate surface area is 163 Å². The predicted octanol–water partition coefficient (Wildman–Crippen LogP) is 4.42. The van der Waals surface area contributed by atoms with Gasteiger partial charge in [-0.05, 0) is 36.6 Å². The molecule has 0 fully saturated rings. The van der Waals surface area contributed by atoms with E-state index < -0.39 is 0 Å². The van der Waals surface area contributed by atoms with E-state index >= 15 is 0 Å². The van der Waals surface area contributed by atoms with Crippen molar-refractivity contribution in [3.8, 4) is 0 Å². The van der Waals surface area contributed by atoms with Crippen molar-refractivity contribution in [2.24, 2.45) is 0 Å². The van der Waals surface area contributed by atoms with Gasteiger partial charge in [-0.2, -0.15) is 0 Å². The summed E-state index contributed by atoms with van der Waals surface area (Å²) < 4.78 is 0. The van der Waals surface area contributed by atoms with E-state index in [-0.39, 0.29) is 5.91 Å². The summed E-state index contributed by atoms with van der Waals surface area (Å²) in [7, 11) is 0. The molecule has 27 heavy (non-hydrogen) atoms. The number of fused-ring (bicyclic) bond motifs is 1. The molecular formula is C22H23N3OS. The number of thioether (sulfide) groups is 1. The number of carbonyl (C=O) groups is 1. The number of H-pyrrole nitrogens is 1. The number of aryl methyl sites for hydroxylation is 1. The largest absolute Gasteiger partial charge is 0.346 e. The van der Waals surface area contributed by atoms with Crippen LogP contribution in [0.2, 0.25) is 0 Å². The van der Waals surface area contributed by atoms with Gasteiger partial charge in [0, 0.05) is 42.2 Å². The van der Waals surface area contributed by atoms with Crippen LogP contribution in [0.4, 0.5) is 0 Å². The zero-order valence-electron chi connectivity index (χ0n) is 15.4. The van der Waals surface area contributed by atoms with Crippen molar-refractivity contribution in [3.05, 3.63) is 71.6 Å². The molecule has 0 spiro atoms. The number of carbonyl (C=O) groups excluding carboxylic acids is 1. The Kier molecular flexibility index (Phi) is 5.30. The van der Waals surface area contributed by atoms with Gasteiger partial charge in [-0.1, -0.05) is 35.9 Å². The van der Waals surface area contributed by atoms with Gasteiger partial charge in [0.15, 0.2) is 0 Å². The van der Waals surface area contributed by atoms with E-state index in [0.717, 1.165) is 29.8 Å². The van der Waals surface area contributed by atoms with Crippen molar-refractivity contribution >= 4 is 34.3 Å². The van der Waals surface area contributed by atoms with Crippen LogP contribution in [-0.4, -0.2) is 39.6 Å². The topological polar surface area (TPSA) is 49.0 Å². The molecule has 4 nitrogen and oxygen atoms in total. The highest BCUT2D eigenvalue weighted by molar-refractivity contribution is 7.99. The van der Waals surface area contributed by atoms with Crippen LogP contribution in [0.5, 0.6) is 0 Å². The van der Waals surface area contributed by atoms with E-state index in [4.69, 9.17) is 0 Å². The van der Waals surface area contributed by atoms with Gasteiger partial charge in [-0.3, -0.25) is 4.79 Å². The molecule has 1 aromatic carbocycles. The molecule has 0 saturated heterocycles. The van der Waals surface area contributed by atoms with Crippen LogP contribution in [0, 0.1) is 6.92 Å². The lowest BCUT2D eigenvalue weighted by Gasteiger charge is -2.26. The normalized spacial score (nSPS) is 14.4.